The van der Waals surface area contributed by atoms with E-state index in [1.165, 1.54) is 31.2 Å². The standard InChI is InChI=1S/C18H29NO/c1-5-19-17(14-6-8-16(20-4)9-7-14)15-10-12-18(2,3)13-11-15/h6-9,15,17,19H,5,10-13H2,1-4H3. The van der Waals surface area contributed by atoms with E-state index >= 15 is 0 Å². The molecule has 1 aromatic carbocycles. The van der Waals surface area contributed by atoms with Crippen molar-refractivity contribution in [1.29, 1.82) is 0 Å². The zero-order chi connectivity index (χ0) is 14.6. The first kappa shape index (κ1) is 15.4. The minimum absolute atomic E-state index is 0.488. The fourth-order valence-electron chi connectivity index (χ4n) is 3.34. The van der Waals surface area contributed by atoms with Gasteiger partial charge in [0.25, 0.3) is 0 Å². The second kappa shape index (κ2) is 6.62. The zero-order valence-corrected chi connectivity index (χ0v) is 13.4. The maximum Gasteiger partial charge on any atom is 0.118 e. The highest BCUT2D eigenvalue weighted by atomic mass is 16.5. The third-order valence-corrected chi connectivity index (χ3v) is 4.75. The van der Waals surface area contributed by atoms with Crippen LogP contribution in [0, 0.1) is 11.3 Å². The number of hydrogen-bond donors (Lipinski definition) is 1. The van der Waals surface area contributed by atoms with Crippen molar-refractivity contribution < 1.29 is 4.74 Å². The summed E-state index contributed by atoms with van der Waals surface area (Å²) in [7, 11) is 1.72. The van der Waals surface area contributed by atoms with E-state index in [-0.39, 0.29) is 0 Å². The molecule has 0 aliphatic heterocycles. The Balaban J connectivity index is 2.10. The number of ether oxygens (including phenoxy) is 1. The molecule has 0 bridgehead atoms. The Morgan fingerprint density at radius 1 is 1.20 bits per heavy atom. The summed E-state index contributed by atoms with van der Waals surface area (Å²) in [6.45, 7) is 8.03. The highest BCUT2D eigenvalue weighted by molar-refractivity contribution is 5.29. The van der Waals surface area contributed by atoms with Gasteiger partial charge in [0.05, 0.1) is 7.11 Å². The summed E-state index contributed by atoms with van der Waals surface area (Å²) in [4.78, 5) is 0. The fraction of sp³-hybridized carbons (Fsp3) is 0.667. The predicted molar refractivity (Wildman–Crippen MR) is 85.2 cm³/mol. The van der Waals surface area contributed by atoms with Crippen LogP contribution in [0.25, 0.3) is 0 Å². The molecule has 1 N–H and O–H groups in total. The molecule has 2 rings (SSSR count). The maximum atomic E-state index is 5.26. The largest absolute Gasteiger partial charge is 0.497 e. The van der Waals surface area contributed by atoms with Crippen LogP contribution in [0.1, 0.15) is 58.1 Å². The first-order valence-electron chi connectivity index (χ1n) is 7.93. The van der Waals surface area contributed by atoms with Crippen LogP contribution >= 0.6 is 0 Å². The van der Waals surface area contributed by atoms with Crippen molar-refractivity contribution in [2.24, 2.45) is 11.3 Å². The van der Waals surface area contributed by atoms with Gasteiger partial charge in [0, 0.05) is 6.04 Å². The first-order valence-corrected chi connectivity index (χ1v) is 7.93. The number of hydrogen-bond acceptors (Lipinski definition) is 2. The lowest BCUT2D eigenvalue weighted by atomic mass is 9.70. The topological polar surface area (TPSA) is 21.3 Å². The smallest absolute Gasteiger partial charge is 0.118 e. The van der Waals surface area contributed by atoms with Gasteiger partial charge in [-0.1, -0.05) is 32.9 Å². The van der Waals surface area contributed by atoms with Gasteiger partial charge in [-0.3, -0.25) is 0 Å². The summed E-state index contributed by atoms with van der Waals surface area (Å²) in [5.41, 5.74) is 1.94. The van der Waals surface area contributed by atoms with Gasteiger partial charge in [-0.15, -0.1) is 0 Å². The monoisotopic (exact) mass is 275 g/mol. The Kier molecular flexibility index (Phi) is 5.09. The molecule has 1 atom stereocenters. The summed E-state index contributed by atoms with van der Waals surface area (Å²) in [5, 5.41) is 3.69. The molecule has 20 heavy (non-hydrogen) atoms. The molecular formula is C18H29NO. The minimum Gasteiger partial charge on any atom is -0.497 e. The molecule has 1 aromatic rings. The quantitative estimate of drug-likeness (QED) is 0.850. The van der Waals surface area contributed by atoms with Gasteiger partial charge >= 0.3 is 0 Å². The number of nitrogens with one attached hydrogen (secondary N) is 1. The van der Waals surface area contributed by atoms with Crippen LogP contribution in [0.2, 0.25) is 0 Å². The molecule has 2 heteroatoms. The summed E-state index contributed by atoms with van der Waals surface area (Å²) < 4.78 is 5.26. The normalized spacial score (nSPS) is 20.6. The maximum absolute atomic E-state index is 5.26. The Bertz CT molecular complexity index is 400. The van der Waals surface area contributed by atoms with Crippen LogP contribution in [-0.2, 0) is 0 Å². The van der Waals surface area contributed by atoms with Crippen molar-refractivity contribution in [2.45, 2.75) is 52.5 Å². The van der Waals surface area contributed by atoms with Crippen LogP contribution in [0.3, 0.4) is 0 Å². The third kappa shape index (κ3) is 3.76. The van der Waals surface area contributed by atoms with Gasteiger partial charge in [-0.2, -0.15) is 0 Å². The minimum atomic E-state index is 0.488. The second-order valence-corrected chi connectivity index (χ2v) is 6.81. The Hall–Kier alpha value is -1.02. The average molecular weight is 275 g/mol. The first-order chi connectivity index (χ1) is 9.55. The van der Waals surface area contributed by atoms with Gasteiger partial charge in [-0.25, -0.2) is 0 Å². The molecule has 0 aromatic heterocycles. The lowest BCUT2D eigenvalue weighted by Gasteiger charge is -2.38. The summed E-state index contributed by atoms with van der Waals surface area (Å²) in [5.74, 6) is 1.70. The van der Waals surface area contributed by atoms with E-state index in [1.54, 1.807) is 7.11 Å². The van der Waals surface area contributed by atoms with E-state index in [1.807, 2.05) is 0 Å². The van der Waals surface area contributed by atoms with E-state index < -0.39 is 0 Å². The van der Waals surface area contributed by atoms with E-state index in [9.17, 15) is 0 Å². The molecule has 0 amide bonds. The van der Waals surface area contributed by atoms with Crippen molar-refractivity contribution in [2.75, 3.05) is 13.7 Å². The molecule has 0 radical (unpaired) electrons. The van der Waals surface area contributed by atoms with Crippen molar-refractivity contribution >= 4 is 0 Å². The van der Waals surface area contributed by atoms with E-state index in [4.69, 9.17) is 4.74 Å². The van der Waals surface area contributed by atoms with Crippen LogP contribution in [0.5, 0.6) is 5.75 Å². The van der Waals surface area contributed by atoms with Gasteiger partial charge in [0.1, 0.15) is 5.75 Å². The van der Waals surface area contributed by atoms with Gasteiger partial charge in [0.2, 0.25) is 0 Å². The van der Waals surface area contributed by atoms with Gasteiger partial charge < -0.3 is 10.1 Å². The molecule has 112 valence electrons. The van der Waals surface area contributed by atoms with E-state index in [0.29, 0.717) is 11.5 Å². The summed E-state index contributed by atoms with van der Waals surface area (Å²) in [6.07, 6.45) is 5.35. The highest BCUT2D eigenvalue weighted by Crippen LogP contribution is 2.42. The molecule has 1 fully saturated rings. The second-order valence-electron chi connectivity index (χ2n) is 6.81. The molecule has 1 unspecified atom stereocenters. The SMILES string of the molecule is CCNC(c1ccc(OC)cc1)C1CCC(C)(C)CC1. The van der Waals surface area contributed by atoms with Gasteiger partial charge in [-0.05, 0) is 61.3 Å². The molecule has 1 aliphatic carbocycles. The molecule has 2 nitrogen and oxygen atoms in total. The zero-order valence-electron chi connectivity index (χ0n) is 13.4. The highest BCUT2D eigenvalue weighted by Gasteiger charge is 2.31. The van der Waals surface area contributed by atoms with Crippen molar-refractivity contribution in [3.63, 3.8) is 0 Å². The number of rotatable bonds is 5. The molecule has 0 spiro atoms. The fourth-order valence-corrected chi connectivity index (χ4v) is 3.34. The molecule has 1 saturated carbocycles. The number of methoxy groups -OCH3 is 1. The number of benzene rings is 1. The Labute approximate surface area is 123 Å². The van der Waals surface area contributed by atoms with Crippen molar-refractivity contribution in [3.05, 3.63) is 29.8 Å². The third-order valence-electron chi connectivity index (χ3n) is 4.75. The van der Waals surface area contributed by atoms with Crippen LogP contribution in [0.15, 0.2) is 24.3 Å². The van der Waals surface area contributed by atoms with E-state index in [2.05, 4.69) is 50.4 Å². The lowest BCUT2D eigenvalue weighted by Crippen LogP contribution is -2.32. The Morgan fingerprint density at radius 3 is 2.30 bits per heavy atom. The van der Waals surface area contributed by atoms with Crippen molar-refractivity contribution in [3.8, 4) is 5.75 Å². The summed E-state index contributed by atoms with van der Waals surface area (Å²) >= 11 is 0. The lowest BCUT2D eigenvalue weighted by molar-refractivity contribution is 0.162. The molecular weight excluding hydrogens is 246 g/mol. The predicted octanol–water partition coefficient (Wildman–Crippen LogP) is 4.56. The Morgan fingerprint density at radius 2 is 1.80 bits per heavy atom. The van der Waals surface area contributed by atoms with Crippen molar-refractivity contribution in [1.82, 2.24) is 5.32 Å². The average Bonchev–Trinajstić information content (AvgIpc) is 2.45. The molecule has 0 saturated heterocycles. The van der Waals surface area contributed by atoms with Crippen LogP contribution in [0.4, 0.5) is 0 Å². The molecule has 1 aliphatic rings. The van der Waals surface area contributed by atoms with Crippen LogP contribution < -0.4 is 10.1 Å². The molecule has 0 heterocycles. The van der Waals surface area contributed by atoms with Crippen LogP contribution in [-0.4, -0.2) is 13.7 Å². The van der Waals surface area contributed by atoms with E-state index in [0.717, 1.165) is 18.2 Å². The van der Waals surface area contributed by atoms with Gasteiger partial charge in [0.15, 0.2) is 0 Å². The summed E-state index contributed by atoms with van der Waals surface area (Å²) in [6, 6.07) is 9.07.